The number of para-hydroxylation sites is 3. The van der Waals surface area contributed by atoms with Crippen LogP contribution in [0.3, 0.4) is 0 Å². The quantitative estimate of drug-likeness (QED) is 0.170. The highest BCUT2D eigenvalue weighted by Gasteiger charge is 2.40. The third-order valence-electron chi connectivity index (χ3n) is 10.9. The first-order valence-corrected chi connectivity index (χ1v) is 19.4. The molecule has 3 nitrogen and oxygen atoms in total. The molecule has 0 fully saturated rings. The minimum absolute atomic E-state index is 0.877. The maximum Gasteiger partial charge on any atom is 0.172 e. The molecule has 0 bridgehead atoms. The van der Waals surface area contributed by atoms with Gasteiger partial charge in [0.2, 0.25) is 0 Å². The Kier molecular flexibility index (Phi) is 6.23. The Bertz CT molecular complexity index is 3080. The highest BCUT2D eigenvalue weighted by Crippen LogP contribution is 2.53. The van der Waals surface area contributed by atoms with Crippen LogP contribution in [0.5, 0.6) is 0 Å². The topological polar surface area (TPSA) is 26.9 Å². The lowest BCUT2D eigenvalue weighted by Gasteiger charge is -2.16. The first-order valence-electron chi connectivity index (χ1n) is 17.7. The van der Waals surface area contributed by atoms with Gasteiger partial charge in [0.15, 0.2) is 7.14 Å². The van der Waals surface area contributed by atoms with Gasteiger partial charge >= 0.3 is 0 Å². The van der Waals surface area contributed by atoms with Crippen LogP contribution in [0.1, 0.15) is 0 Å². The Hall–Kier alpha value is -6.41. The third kappa shape index (κ3) is 4.06. The summed E-state index contributed by atoms with van der Waals surface area (Å²) in [6.45, 7) is 0. The molecule has 0 saturated heterocycles. The van der Waals surface area contributed by atoms with E-state index in [1.807, 2.05) is 36.4 Å². The molecule has 11 rings (SSSR count). The lowest BCUT2D eigenvalue weighted by atomic mass is 10.0. The van der Waals surface area contributed by atoms with Crippen LogP contribution in [0.4, 0.5) is 0 Å². The van der Waals surface area contributed by atoms with Crippen LogP contribution < -0.4 is 15.9 Å². The van der Waals surface area contributed by atoms with Gasteiger partial charge in [0.25, 0.3) is 0 Å². The van der Waals surface area contributed by atoms with E-state index in [4.69, 9.17) is 0 Å². The molecule has 0 saturated carbocycles. The molecule has 2 aromatic heterocycles. The molecule has 1 unspecified atom stereocenters. The number of fused-ring (bicyclic) bond motifs is 9. The Labute approximate surface area is 301 Å². The molecule has 0 amide bonds. The smallest absolute Gasteiger partial charge is 0.172 e. The average molecular weight is 683 g/mol. The van der Waals surface area contributed by atoms with Gasteiger partial charge in [-0.05, 0) is 76.9 Å². The summed E-state index contributed by atoms with van der Waals surface area (Å²) in [5, 5.41) is 7.49. The summed E-state index contributed by atoms with van der Waals surface area (Å²) in [5.41, 5.74) is 11.3. The summed E-state index contributed by atoms with van der Waals surface area (Å²) < 4.78 is 20.0. The number of hydrogen-bond donors (Lipinski definition) is 0. The Morgan fingerprint density at radius 3 is 1.62 bits per heavy atom. The number of benzene rings is 8. The molecule has 0 radical (unpaired) electrons. The average Bonchev–Trinajstić information content (AvgIpc) is 3.81. The van der Waals surface area contributed by atoms with E-state index >= 15 is 4.57 Å². The highest BCUT2D eigenvalue weighted by molar-refractivity contribution is 7.86. The van der Waals surface area contributed by atoms with Gasteiger partial charge in [-0.25, -0.2) is 0 Å². The summed E-state index contributed by atoms with van der Waals surface area (Å²) in [4.78, 5) is 0. The van der Waals surface area contributed by atoms with Gasteiger partial charge in [0.1, 0.15) is 0 Å². The largest absolute Gasteiger partial charge is 0.309 e. The van der Waals surface area contributed by atoms with Crippen molar-refractivity contribution in [1.82, 2.24) is 9.13 Å². The maximum atomic E-state index is 15.3. The molecule has 4 heteroatoms. The van der Waals surface area contributed by atoms with E-state index in [1.54, 1.807) is 0 Å². The van der Waals surface area contributed by atoms with Gasteiger partial charge in [0, 0.05) is 48.8 Å². The number of hydrogen-bond acceptors (Lipinski definition) is 1. The van der Waals surface area contributed by atoms with Crippen molar-refractivity contribution < 1.29 is 4.57 Å². The second-order valence-corrected chi connectivity index (χ2v) is 16.4. The SMILES string of the molecule is O=P1(c2ccccc2)c2ccccc2-c2cc3c(cc21)c1ccccc1n3-c1ccc(-c2ccc3c4ccccc4n(-c4ccccc4)c3c2)cc1. The van der Waals surface area contributed by atoms with Gasteiger partial charge in [-0.1, -0.05) is 133 Å². The molecule has 8 aromatic carbocycles. The predicted molar refractivity (Wildman–Crippen MR) is 219 cm³/mol. The van der Waals surface area contributed by atoms with E-state index in [9.17, 15) is 0 Å². The molecule has 0 aliphatic carbocycles. The molecule has 0 spiro atoms. The lowest BCUT2D eigenvalue weighted by molar-refractivity contribution is 0.593. The number of rotatable bonds is 4. The molecule has 1 aliphatic rings. The van der Waals surface area contributed by atoms with Crippen molar-refractivity contribution in [3.63, 3.8) is 0 Å². The van der Waals surface area contributed by atoms with Crippen molar-refractivity contribution in [3.05, 3.63) is 188 Å². The first-order chi connectivity index (χ1) is 25.7. The lowest BCUT2D eigenvalue weighted by Crippen LogP contribution is -2.20. The van der Waals surface area contributed by atoms with E-state index in [0.717, 1.165) is 65.8 Å². The van der Waals surface area contributed by atoms with Crippen LogP contribution in [0.25, 0.3) is 77.2 Å². The normalized spacial score (nSPS) is 15.1. The molecule has 0 N–H and O–H groups in total. The Morgan fingerprint density at radius 2 is 0.885 bits per heavy atom. The predicted octanol–water partition coefficient (Wildman–Crippen LogP) is 11.2. The van der Waals surface area contributed by atoms with E-state index in [1.165, 1.54) is 27.4 Å². The zero-order valence-corrected chi connectivity index (χ0v) is 29.0. The van der Waals surface area contributed by atoms with Crippen LogP contribution in [0.15, 0.2) is 188 Å². The Morgan fingerprint density at radius 1 is 0.346 bits per heavy atom. The summed E-state index contributed by atoms with van der Waals surface area (Å²) >= 11 is 0. The molecule has 1 aliphatic heterocycles. The first kappa shape index (κ1) is 29.3. The molecule has 10 aromatic rings. The number of nitrogens with zero attached hydrogens (tertiary/aromatic N) is 2. The second-order valence-electron chi connectivity index (χ2n) is 13.7. The monoisotopic (exact) mass is 682 g/mol. The minimum Gasteiger partial charge on any atom is -0.309 e. The molecular weight excluding hydrogens is 652 g/mol. The summed E-state index contributed by atoms with van der Waals surface area (Å²) in [6, 6.07) is 66.3. The van der Waals surface area contributed by atoms with E-state index < -0.39 is 7.14 Å². The molecule has 3 heterocycles. The van der Waals surface area contributed by atoms with Crippen LogP contribution in [-0.4, -0.2) is 9.13 Å². The summed E-state index contributed by atoms with van der Waals surface area (Å²) in [7, 11) is -3.05. The van der Waals surface area contributed by atoms with Gasteiger partial charge in [-0.15, -0.1) is 0 Å². The van der Waals surface area contributed by atoms with Crippen LogP contribution >= 0.6 is 7.14 Å². The molecule has 244 valence electrons. The Balaban J connectivity index is 1.08. The van der Waals surface area contributed by atoms with Crippen molar-refractivity contribution in [1.29, 1.82) is 0 Å². The molecule has 1 atom stereocenters. The fourth-order valence-electron chi connectivity index (χ4n) is 8.59. The van der Waals surface area contributed by atoms with Gasteiger partial charge < -0.3 is 13.7 Å². The van der Waals surface area contributed by atoms with E-state index in [2.05, 4.69) is 161 Å². The highest BCUT2D eigenvalue weighted by atomic mass is 31.2. The fraction of sp³-hybridized carbons (Fsp3) is 0. The van der Waals surface area contributed by atoms with Crippen molar-refractivity contribution in [2.45, 2.75) is 0 Å². The van der Waals surface area contributed by atoms with Crippen molar-refractivity contribution >= 4 is 66.7 Å². The summed E-state index contributed by atoms with van der Waals surface area (Å²) in [6.07, 6.45) is 0. The van der Waals surface area contributed by atoms with Crippen molar-refractivity contribution in [2.24, 2.45) is 0 Å². The minimum atomic E-state index is -3.05. The standard InChI is InChI=1S/C48H31N2OP/c51-52(36-15-5-2-6-16-36)47-22-12-9-19-40(47)42-30-46-41(31-48(42)52)38-18-8-11-21-44(38)50(46)35-26-23-32(24-27-35)33-25-28-39-37-17-7-10-20-43(37)49(45(39)29-33)34-13-3-1-4-14-34/h1-31H. The third-order valence-corrected chi connectivity index (χ3v) is 14.1. The summed E-state index contributed by atoms with van der Waals surface area (Å²) in [5.74, 6) is 0. The van der Waals surface area contributed by atoms with Crippen molar-refractivity contribution in [3.8, 4) is 33.6 Å². The zero-order valence-electron chi connectivity index (χ0n) is 28.1. The van der Waals surface area contributed by atoms with Gasteiger partial charge in [-0.2, -0.15) is 0 Å². The van der Waals surface area contributed by atoms with Crippen LogP contribution in [0, 0.1) is 0 Å². The fourth-order valence-corrected chi connectivity index (χ4v) is 11.7. The van der Waals surface area contributed by atoms with Crippen LogP contribution in [0.2, 0.25) is 0 Å². The van der Waals surface area contributed by atoms with Gasteiger partial charge in [0.05, 0.1) is 22.1 Å². The van der Waals surface area contributed by atoms with Crippen molar-refractivity contribution in [2.75, 3.05) is 0 Å². The van der Waals surface area contributed by atoms with E-state index in [-0.39, 0.29) is 0 Å². The molecular formula is C48H31N2OP. The number of aromatic nitrogens is 2. The maximum absolute atomic E-state index is 15.3. The molecule has 52 heavy (non-hydrogen) atoms. The second kappa shape index (κ2) is 11.0. The van der Waals surface area contributed by atoms with Gasteiger partial charge in [-0.3, -0.25) is 0 Å². The van der Waals surface area contributed by atoms with E-state index in [0.29, 0.717) is 0 Å². The zero-order chi connectivity index (χ0) is 34.4. The van der Waals surface area contributed by atoms with Crippen LogP contribution in [-0.2, 0) is 4.57 Å².